The normalized spacial score (nSPS) is 9.73. The summed E-state index contributed by atoms with van der Waals surface area (Å²) in [6.45, 7) is 0.516. The SMILES string of the molecule is COc1cc(C=O)ccc1OCCCO. The van der Waals surface area contributed by atoms with E-state index in [-0.39, 0.29) is 6.61 Å². The first-order valence-electron chi connectivity index (χ1n) is 4.68. The lowest BCUT2D eigenvalue weighted by Gasteiger charge is -2.10. The number of benzene rings is 1. The number of carbonyl (C=O) groups excluding carboxylic acids is 1. The van der Waals surface area contributed by atoms with E-state index in [9.17, 15) is 4.79 Å². The Kier molecular flexibility index (Phi) is 4.63. The number of carbonyl (C=O) groups is 1. The van der Waals surface area contributed by atoms with Crippen LogP contribution >= 0.6 is 0 Å². The molecule has 4 heteroatoms. The largest absolute Gasteiger partial charge is 0.493 e. The molecule has 1 aromatic carbocycles. The number of methoxy groups -OCH3 is 1. The molecule has 0 fully saturated rings. The molecule has 0 aliphatic rings. The molecule has 0 radical (unpaired) electrons. The third kappa shape index (κ3) is 3.25. The summed E-state index contributed by atoms with van der Waals surface area (Å²) in [5.74, 6) is 1.11. The van der Waals surface area contributed by atoms with Crippen molar-refractivity contribution in [2.24, 2.45) is 0 Å². The van der Waals surface area contributed by atoms with E-state index < -0.39 is 0 Å². The number of ether oxygens (including phenoxy) is 2. The lowest BCUT2D eigenvalue weighted by Crippen LogP contribution is -2.01. The quantitative estimate of drug-likeness (QED) is 0.567. The van der Waals surface area contributed by atoms with E-state index in [0.717, 1.165) is 6.29 Å². The first kappa shape index (κ1) is 11.5. The third-order valence-corrected chi connectivity index (χ3v) is 1.88. The Balaban J connectivity index is 2.73. The van der Waals surface area contributed by atoms with E-state index in [0.29, 0.717) is 30.1 Å². The minimum Gasteiger partial charge on any atom is -0.493 e. The molecule has 1 rings (SSSR count). The van der Waals surface area contributed by atoms with E-state index in [4.69, 9.17) is 14.6 Å². The van der Waals surface area contributed by atoms with Gasteiger partial charge >= 0.3 is 0 Å². The number of aldehydes is 1. The summed E-state index contributed by atoms with van der Waals surface area (Å²) in [6, 6.07) is 4.95. The van der Waals surface area contributed by atoms with Crippen LogP contribution in [0.25, 0.3) is 0 Å². The van der Waals surface area contributed by atoms with Gasteiger partial charge in [-0.3, -0.25) is 4.79 Å². The predicted molar refractivity (Wildman–Crippen MR) is 55.6 cm³/mol. The van der Waals surface area contributed by atoms with Crippen LogP contribution < -0.4 is 9.47 Å². The molecule has 4 nitrogen and oxygen atoms in total. The van der Waals surface area contributed by atoms with Gasteiger partial charge in [0.15, 0.2) is 11.5 Å². The van der Waals surface area contributed by atoms with Crippen LogP contribution in [0.2, 0.25) is 0 Å². The highest BCUT2D eigenvalue weighted by atomic mass is 16.5. The topological polar surface area (TPSA) is 55.8 Å². The fraction of sp³-hybridized carbons (Fsp3) is 0.364. The van der Waals surface area contributed by atoms with Crippen molar-refractivity contribution >= 4 is 6.29 Å². The van der Waals surface area contributed by atoms with Crippen molar-refractivity contribution in [3.05, 3.63) is 23.8 Å². The van der Waals surface area contributed by atoms with Gasteiger partial charge in [0.2, 0.25) is 0 Å². The maximum absolute atomic E-state index is 10.5. The second kappa shape index (κ2) is 6.03. The highest BCUT2D eigenvalue weighted by Crippen LogP contribution is 2.27. The van der Waals surface area contributed by atoms with E-state index in [1.165, 1.54) is 7.11 Å². The molecular weight excluding hydrogens is 196 g/mol. The van der Waals surface area contributed by atoms with Crippen molar-refractivity contribution in [1.82, 2.24) is 0 Å². The van der Waals surface area contributed by atoms with Crippen LogP contribution in [0.3, 0.4) is 0 Å². The fourth-order valence-corrected chi connectivity index (χ4v) is 1.12. The van der Waals surface area contributed by atoms with Crippen molar-refractivity contribution < 1.29 is 19.4 Å². The summed E-state index contributed by atoms with van der Waals surface area (Å²) in [6.07, 6.45) is 1.32. The molecule has 0 spiro atoms. The first-order valence-corrected chi connectivity index (χ1v) is 4.68. The van der Waals surface area contributed by atoms with Gasteiger partial charge in [0.1, 0.15) is 6.29 Å². The van der Waals surface area contributed by atoms with Gasteiger partial charge in [-0.1, -0.05) is 0 Å². The summed E-state index contributed by atoms with van der Waals surface area (Å²) in [5.41, 5.74) is 0.543. The Morgan fingerprint density at radius 3 is 2.80 bits per heavy atom. The predicted octanol–water partition coefficient (Wildman–Crippen LogP) is 1.27. The molecule has 0 heterocycles. The maximum atomic E-state index is 10.5. The highest BCUT2D eigenvalue weighted by molar-refractivity contribution is 5.76. The molecule has 1 aromatic rings. The average molecular weight is 210 g/mol. The van der Waals surface area contributed by atoms with Gasteiger partial charge in [0.25, 0.3) is 0 Å². The maximum Gasteiger partial charge on any atom is 0.161 e. The van der Waals surface area contributed by atoms with Crippen LogP contribution in [0, 0.1) is 0 Å². The van der Waals surface area contributed by atoms with Crippen molar-refractivity contribution in [3.63, 3.8) is 0 Å². The molecule has 15 heavy (non-hydrogen) atoms. The minimum absolute atomic E-state index is 0.0920. The van der Waals surface area contributed by atoms with Crippen molar-refractivity contribution in [2.75, 3.05) is 20.3 Å². The van der Waals surface area contributed by atoms with Gasteiger partial charge in [-0.2, -0.15) is 0 Å². The number of hydrogen-bond acceptors (Lipinski definition) is 4. The molecule has 0 bridgehead atoms. The Morgan fingerprint density at radius 2 is 2.20 bits per heavy atom. The van der Waals surface area contributed by atoms with E-state index in [1.807, 2.05) is 0 Å². The average Bonchev–Trinajstić information content (AvgIpc) is 2.29. The van der Waals surface area contributed by atoms with Gasteiger partial charge in [-0.05, 0) is 18.2 Å². The summed E-state index contributed by atoms with van der Waals surface area (Å²) in [7, 11) is 1.52. The lowest BCUT2D eigenvalue weighted by molar-refractivity contribution is 0.112. The number of rotatable bonds is 6. The second-order valence-corrected chi connectivity index (χ2v) is 2.95. The van der Waals surface area contributed by atoms with Gasteiger partial charge < -0.3 is 14.6 Å². The van der Waals surface area contributed by atoms with Crippen molar-refractivity contribution in [2.45, 2.75) is 6.42 Å². The third-order valence-electron chi connectivity index (χ3n) is 1.88. The van der Waals surface area contributed by atoms with Crippen LogP contribution in [-0.4, -0.2) is 31.7 Å². The van der Waals surface area contributed by atoms with Crippen LogP contribution in [0.5, 0.6) is 11.5 Å². The first-order chi connectivity index (χ1) is 7.31. The zero-order chi connectivity index (χ0) is 11.1. The molecular formula is C11H14O4. The summed E-state index contributed by atoms with van der Waals surface area (Å²) in [4.78, 5) is 10.5. The molecule has 0 saturated carbocycles. The van der Waals surface area contributed by atoms with Crippen molar-refractivity contribution in [1.29, 1.82) is 0 Å². The molecule has 0 aliphatic heterocycles. The molecule has 0 aliphatic carbocycles. The Hall–Kier alpha value is -1.55. The second-order valence-electron chi connectivity index (χ2n) is 2.95. The zero-order valence-corrected chi connectivity index (χ0v) is 8.60. The van der Waals surface area contributed by atoms with Crippen molar-refractivity contribution in [3.8, 4) is 11.5 Å². The van der Waals surface area contributed by atoms with Gasteiger partial charge in [-0.25, -0.2) is 0 Å². The zero-order valence-electron chi connectivity index (χ0n) is 8.60. The summed E-state index contributed by atoms with van der Waals surface area (Å²) >= 11 is 0. The van der Waals surface area contributed by atoms with Crippen LogP contribution in [-0.2, 0) is 0 Å². The van der Waals surface area contributed by atoms with E-state index in [1.54, 1.807) is 18.2 Å². The monoisotopic (exact) mass is 210 g/mol. The molecule has 0 unspecified atom stereocenters. The van der Waals surface area contributed by atoms with Crippen LogP contribution in [0.4, 0.5) is 0 Å². The van der Waals surface area contributed by atoms with E-state index in [2.05, 4.69) is 0 Å². The molecule has 1 N–H and O–H groups in total. The van der Waals surface area contributed by atoms with Crippen LogP contribution in [0.1, 0.15) is 16.8 Å². The minimum atomic E-state index is 0.0920. The van der Waals surface area contributed by atoms with Gasteiger partial charge in [0.05, 0.1) is 13.7 Å². The standard InChI is InChI=1S/C11H14O4/c1-14-11-7-9(8-13)3-4-10(11)15-6-2-5-12/h3-4,7-8,12H,2,5-6H2,1H3. The number of hydrogen-bond donors (Lipinski definition) is 1. The molecule has 0 aromatic heterocycles. The van der Waals surface area contributed by atoms with Crippen LogP contribution in [0.15, 0.2) is 18.2 Å². The number of aliphatic hydroxyl groups is 1. The molecule has 0 atom stereocenters. The fourth-order valence-electron chi connectivity index (χ4n) is 1.12. The molecule has 0 saturated heterocycles. The highest BCUT2D eigenvalue weighted by Gasteiger charge is 2.04. The van der Waals surface area contributed by atoms with Gasteiger partial charge in [0, 0.05) is 18.6 Å². The van der Waals surface area contributed by atoms with Gasteiger partial charge in [-0.15, -0.1) is 0 Å². The summed E-state index contributed by atoms with van der Waals surface area (Å²) in [5, 5.41) is 8.60. The Morgan fingerprint density at radius 1 is 1.40 bits per heavy atom. The lowest BCUT2D eigenvalue weighted by atomic mass is 10.2. The number of aliphatic hydroxyl groups excluding tert-OH is 1. The molecule has 0 amide bonds. The molecule has 82 valence electrons. The Bertz CT molecular complexity index is 322. The summed E-state index contributed by atoms with van der Waals surface area (Å²) < 4.78 is 10.4. The smallest absolute Gasteiger partial charge is 0.161 e. The van der Waals surface area contributed by atoms with E-state index >= 15 is 0 Å². The Labute approximate surface area is 88.4 Å².